The molecular formula is C23H35IN6O. The van der Waals surface area contributed by atoms with Gasteiger partial charge in [0.25, 0.3) is 0 Å². The number of guanidine groups is 1. The van der Waals surface area contributed by atoms with Crippen molar-refractivity contribution in [2.75, 3.05) is 27.2 Å². The molecule has 0 bridgehead atoms. The van der Waals surface area contributed by atoms with Crippen molar-refractivity contribution in [3.05, 3.63) is 53.9 Å². The van der Waals surface area contributed by atoms with E-state index in [1.807, 2.05) is 29.1 Å². The first-order valence-corrected chi connectivity index (χ1v) is 10.9. The molecule has 1 aromatic carbocycles. The number of benzene rings is 1. The Morgan fingerprint density at radius 2 is 1.87 bits per heavy atom. The molecule has 0 saturated heterocycles. The summed E-state index contributed by atoms with van der Waals surface area (Å²) in [6.45, 7) is 2.40. The summed E-state index contributed by atoms with van der Waals surface area (Å²) >= 11 is 0. The van der Waals surface area contributed by atoms with Crippen LogP contribution in [-0.2, 0) is 17.9 Å². The van der Waals surface area contributed by atoms with Crippen LogP contribution in [0.15, 0.2) is 47.7 Å². The van der Waals surface area contributed by atoms with E-state index in [2.05, 4.69) is 27.9 Å². The zero-order valence-electron chi connectivity index (χ0n) is 18.6. The maximum atomic E-state index is 12.0. The fourth-order valence-corrected chi connectivity index (χ4v) is 3.72. The Labute approximate surface area is 202 Å². The highest BCUT2D eigenvalue weighted by Gasteiger charge is 2.14. The van der Waals surface area contributed by atoms with Gasteiger partial charge in [0.2, 0.25) is 5.91 Å². The van der Waals surface area contributed by atoms with Crippen molar-refractivity contribution in [1.82, 2.24) is 25.3 Å². The fraction of sp³-hybridized carbons (Fsp3) is 0.522. The van der Waals surface area contributed by atoms with Crippen LogP contribution in [0.3, 0.4) is 0 Å². The fourth-order valence-electron chi connectivity index (χ4n) is 3.72. The second kappa shape index (κ2) is 13.3. The van der Waals surface area contributed by atoms with Gasteiger partial charge in [0.05, 0.1) is 19.6 Å². The number of aliphatic imine (C=N–C) groups is 1. The van der Waals surface area contributed by atoms with E-state index in [1.165, 1.54) is 37.7 Å². The zero-order chi connectivity index (χ0) is 21.2. The van der Waals surface area contributed by atoms with Crippen LogP contribution in [0.5, 0.6) is 0 Å². The van der Waals surface area contributed by atoms with Crippen LogP contribution in [0.1, 0.15) is 43.2 Å². The molecule has 31 heavy (non-hydrogen) atoms. The first-order chi connectivity index (χ1) is 14.6. The van der Waals surface area contributed by atoms with E-state index in [9.17, 15) is 4.79 Å². The monoisotopic (exact) mass is 538 g/mol. The summed E-state index contributed by atoms with van der Waals surface area (Å²) in [6, 6.07) is 10.2. The second-order valence-corrected chi connectivity index (χ2v) is 8.16. The Balaban J connectivity index is 0.00000341. The van der Waals surface area contributed by atoms with Crippen molar-refractivity contribution in [3.8, 4) is 0 Å². The second-order valence-electron chi connectivity index (χ2n) is 8.16. The summed E-state index contributed by atoms with van der Waals surface area (Å²) in [5.74, 6) is 1.41. The zero-order valence-corrected chi connectivity index (χ0v) is 20.9. The van der Waals surface area contributed by atoms with Crippen molar-refractivity contribution in [3.63, 3.8) is 0 Å². The van der Waals surface area contributed by atoms with E-state index in [4.69, 9.17) is 4.99 Å². The highest BCUT2D eigenvalue weighted by atomic mass is 127. The normalized spacial score (nSPS) is 14.6. The molecule has 2 N–H and O–H groups in total. The Morgan fingerprint density at radius 1 is 1.13 bits per heavy atom. The van der Waals surface area contributed by atoms with Crippen LogP contribution in [-0.4, -0.2) is 53.7 Å². The molecule has 1 saturated carbocycles. The molecule has 170 valence electrons. The number of rotatable bonds is 8. The summed E-state index contributed by atoms with van der Waals surface area (Å²) in [5.41, 5.74) is 2.35. The van der Waals surface area contributed by atoms with Gasteiger partial charge in [-0.3, -0.25) is 9.48 Å². The smallest absolute Gasteiger partial charge is 0.241 e. The van der Waals surface area contributed by atoms with Gasteiger partial charge >= 0.3 is 0 Å². The molecule has 2 aromatic rings. The molecule has 1 fully saturated rings. The van der Waals surface area contributed by atoms with E-state index in [0.717, 1.165) is 18.7 Å². The van der Waals surface area contributed by atoms with Gasteiger partial charge < -0.3 is 15.5 Å². The van der Waals surface area contributed by atoms with Gasteiger partial charge in [0, 0.05) is 33.0 Å². The van der Waals surface area contributed by atoms with Crippen LogP contribution in [0, 0.1) is 5.92 Å². The van der Waals surface area contributed by atoms with Gasteiger partial charge in [-0.1, -0.05) is 43.5 Å². The molecule has 0 aliphatic heterocycles. The van der Waals surface area contributed by atoms with Crippen molar-refractivity contribution in [2.24, 2.45) is 10.9 Å². The average Bonchev–Trinajstić information content (AvgIpc) is 3.27. The summed E-state index contributed by atoms with van der Waals surface area (Å²) in [7, 11) is 3.53. The lowest BCUT2D eigenvalue weighted by molar-refractivity contribution is -0.127. The minimum atomic E-state index is 0. The van der Waals surface area contributed by atoms with Gasteiger partial charge in [0.1, 0.15) is 0 Å². The summed E-state index contributed by atoms with van der Waals surface area (Å²) in [5, 5.41) is 11.0. The Kier molecular flexibility index (Phi) is 10.8. The molecule has 1 amide bonds. The summed E-state index contributed by atoms with van der Waals surface area (Å²) < 4.78 is 1.92. The maximum absolute atomic E-state index is 12.0. The Morgan fingerprint density at radius 3 is 2.55 bits per heavy atom. The van der Waals surface area contributed by atoms with Crippen molar-refractivity contribution in [1.29, 1.82) is 0 Å². The summed E-state index contributed by atoms with van der Waals surface area (Å²) in [6.07, 6.45) is 10.3. The van der Waals surface area contributed by atoms with Crippen molar-refractivity contribution < 1.29 is 4.79 Å². The Hall–Kier alpha value is -2.10. The molecule has 0 spiro atoms. The van der Waals surface area contributed by atoms with Crippen LogP contribution in [0.2, 0.25) is 0 Å². The predicted octanol–water partition coefficient (Wildman–Crippen LogP) is 3.25. The highest BCUT2D eigenvalue weighted by Crippen LogP contribution is 2.22. The lowest BCUT2D eigenvalue weighted by Gasteiger charge is -2.23. The SMILES string of the molecule is CN(C)C(=O)CNC(=NCc1ccccc1Cn1cccn1)NCC1CCCCC1.I. The largest absolute Gasteiger partial charge is 0.356 e. The number of hydrogen-bond donors (Lipinski definition) is 2. The van der Waals surface area contributed by atoms with Crippen LogP contribution < -0.4 is 10.6 Å². The topological polar surface area (TPSA) is 74.5 Å². The number of amides is 1. The number of carbonyl (C=O) groups excluding carboxylic acids is 1. The van der Waals surface area contributed by atoms with Crippen molar-refractivity contribution >= 4 is 35.8 Å². The van der Waals surface area contributed by atoms with Crippen LogP contribution in [0.4, 0.5) is 0 Å². The van der Waals surface area contributed by atoms with Crippen LogP contribution in [0.25, 0.3) is 0 Å². The quantitative estimate of drug-likeness (QED) is 0.308. The molecule has 1 aromatic heterocycles. The highest BCUT2D eigenvalue weighted by molar-refractivity contribution is 14.0. The van der Waals surface area contributed by atoms with E-state index in [-0.39, 0.29) is 36.4 Å². The average molecular weight is 538 g/mol. The molecule has 7 nitrogen and oxygen atoms in total. The molecule has 1 aliphatic rings. The van der Waals surface area contributed by atoms with Crippen LogP contribution >= 0.6 is 24.0 Å². The predicted molar refractivity (Wildman–Crippen MR) is 136 cm³/mol. The number of halogens is 1. The molecule has 1 aliphatic carbocycles. The molecule has 0 unspecified atom stereocenters. The number of carbonyl (C=O) groups is 1. The van der Waals surface area contributed by atoms with E-state index in [0.29, 0.717) is 18.4 Å². The van der Waals surface area contributed by atoms with Gasteiger partial charge in [-0.25, -0.2) is 4.99 Å². The van der Waals surface area contributed by atoms with Gasteiger partial charge in [0.15, 0.2) is 5.96 Å². The number of likely N-dealkylation sites (N-methyl/N-ethyl adjacent to an activating group) is 1. The standard InChI is InChI=1S/C23H34N6O.HI/c1-28(2)22(30)17-26-23(24-15-19-9-4-3-5-10-19)25-16-20-11-6-7-12-21(20)18-29-14-8-13-27-29;/h6-8,11-14,19H,3-5,9-10,15-18H2,1-2H3,(H2,24,25,26);1H. The molecule has 0 radical (unpaired) electrons. The summed E-state index contributed by atoms with van der Waals surface area (Å²) in [4.78, 5) is 18.4. The maximum Gasteiger partial charge on any atom is 0.241 e. The van der Waals surface area contributed by atoms with Crippen molar-refractivity contribution in [2.45, 2.75) is 45.2 Å². The third-order valence-electron chi connectivity index (χ3n) is 5.61. The lowest BCUT2D eigenvalue weighted by Crippen LogP contribution is -2.44. The molecule has 8 heteroatoms. The van der Waals surface area contributed by atoms with Gasteiger partial charge in [-0.15, -0.1) is 24.0 Å². The van der Waals surface area contributed by atoms with Gasteiger partial charge in [-0.2, -0.15) is 5.10 Å². The first-order valence-electron chi connectivity index (χ1n) is 10.9. The minimum Gasteiger partial charge on any atom is -0.356 e. The van der Waals surface area contributed by atoms with E-state index < -0.39 is 0 Å². The number of nitrogens with zero attached hydrogens (tertiary/aromatic N) is 4. The third-order valence-corrected chi connectivity index (χ3v) is 5.61. The molecule has 3 rings (SSSR count). The molecule has 0 atom stereocenters. The van der Waals surface area contributed by atoms with E-state index in [1.54, 1.807) is 25.2 Å². The minimum absolute atomic E-state index is 0. The molecule has 1 heterocycles. The lowest BCUT2D eigenvalue weighted by atomic mass is 9.89. The van der Waals surface area contributed by atoms with Gasteiger partial charge in [-0.05, 0) is 36.0 Å². The Bertz CT molecular complexity index is 815. The number of nitrogens with one attached hydrogen (secondary N) is 2. The first kappa shape index (κ1) is 25.2. The van der Waals surface area contributed by atoms with E-state index >= 15 is 0 Å². The number of aromatic nitrogens is 2. The number of hydrogen-bond acceptors (Lipinski definition) is 3. The molecular weight excluding hydrogens is 503 g/mol. The third kappa shape index (κ3) is 8.51.